The molecule has 0 rings (SSSR count). The lowest BCUT2D eigenvalue weighted by Crippen LogP contribution is -2.19. The van der Waals surface area contributed by atoms with Crippen LogP contribution in [0, 0.1) is 0 Å². The molecule has 7 heavy (non-hydrogen) atoms. The third kappa shape index (κ3) is 5.96. The van der Waals surface area contributed by atoms with E-state index in [-0.39, 0.29) is 0 Å². The second kappa shape index (κ2) is 2.31. The van der Waals surface area contributed by atoms with E-state index in [1.165, 1.54) is 0 Å². The third-order valence-electron chi connectivity index (χ3n) is 0.862. The molecule has 0 aliphatic rings. The Kier molecular flexibility index (Phi) is 2.30. The highest BCUT2D eigenvalue weighted by molar-refractivity contribution is 4.68. The van der Waals surface area contributed by atoms with Crippen LogP contribution in [0.15, 0.2) is 0 Å². The van der Waals surface area contributed by atoms with Crippen LogP contribution in [0.25, 0.3) is 0 Å². The molecule has 0 aromatic heterocycles. The molecule has 0 aromatic carbocycles. The molecule has 0 spiro atoms. The first kappa shape index (κ1) is 6.96. The molecule has 0 aromatic rings. The minimum atomic E-state index is -0.450. The predicted molar refractivity (Wildman–Crippen MR) is 31.1 cm³/mol. The fraction of sp³-hybridized carbons (Fsp3) is 1.00. The van der Waals surface area contributed by atoms with Gasteiger partial charge in [-0.15, -0.1) is 5.73 Å². The van der Waals surface area contributed by atoms with E-state index < -0.39 is 5.54 Å². The van der Waals surface area contributed by atoms with Crippen LogP contribution in [0.2, 0.25) is 0 Å². The zero-order valence-electron chi connectivity index (χ0n) is 5.36. The highest BCUT2D eigenvalue weighted by Gasteiger charge is 2.09. The molecule has 0 saturated heterocycles. The Morgan fingerprint density at radius 3 is 1.86 bits per heavy atom. The summed E-state index contributed by atoms with van der Waals surface area (Å²) < 4.78 is 0. The normalized spacial score (nSPS) is 12.0. The molecular formula is C6H13N. The summed E-state index contributed by atoms with van der Waals surface area (Å²) in [5.74, 6) is 0. The quantitative estimate of drug-likeness (QED) is 0.502. The molecule has 0 saturated carbocycles. The molecule has 0 aliphatic carbocycles. The molecular weight excluding hydrogens is 86.1 g/mol. The summed E-state index contributed by atoms with van der Waals surface area (Å²) >= 11 is 0. The van der Waals surface area contributed by atoms with E-state index in [2.05, 4.69) is 6.92 Å². The molecule has 1 nitrogen and oxygen atoms in total. The highest BCUT2D eigenvalue weighted by Crippen LogP contribution is 2.07. The Morgan fingerprint density at radius 2 is 1.86 bits per heavy atom. The molecule has 0 atom stereocenters. The van der Waals surface area contributed by atoms with E-state index in [1.807, 2.05) is 13.8 Å². The van der Waals surface area contributed by atoms with Gasteiger partial charge in [-0.05, 0) is 20.3 Å². The average Bonchev–Trinajstić information content (AvgIpc) is 1.30. The first-order valence-electron chi connectivity index (χ1n) is 2.78. The van der Waals surface area contributed by atoms with E-state index in [1.54, 1.807) is 0 Å². The molecule has 0 aliphatic heterocycles. The average molecular weight is 99.2 g/mol. The zero-order valence-corrected chi connectivity index (χ0v) is 5.36. The van der Waals surface area contributed by atoms with Crippen molar-refractivity contribution in [2.75, 3.05) is 0 Å². The van der Waals surface area contributed by atoms with Crippen LogP contribution >= 0.6 is 0 Å². The fourth-order valence-corrected chi connectivity index (χ4v) is 0.612. The van der Waals surface area contributed by atoms with Crippen molar-refractivity contribution >= 4 is 0 Å². The van der Waals surface area contributed by atoms with Gasteiger partial charge in [0.15, 0.2) is 0 Å². The smallest absolute Gasteiger partial charge is 0.0487 e. The maximum atomic E-state index is 9.02. The van der Waals surface area contributed by atoms with Gasteiger partial charge in [0.1, 0.15) is 0 Å². The summed E-state index contributed by atoms with van der Waals surface area (Å²) in [7, 11) is 0. The van der Waals surface area contributed by atoms with Crippen molar-refractivity contribution in [3.05, 3.63) is 0 Å². The van der Waals surface area contributed by atoms with E-state index >= 15 is 0 Å². The van der Waals surface area contributed by atoms with Crippen LogP contribution in [0.1, 0.15) is 33.6 Å². The van der Waals surface area contributed by atoms with Gasteiger partial charge in [0.25, 0.3) is 0 Å². The summed E-state index contributed by atoms with van der Waals surface area (Å²) in [5, 5.41) is 0. The van der Waals surface area contributed by atoms with E-state index in [4.69, 9.17) is 5.73 Å². The molecule has 0 heterocycles. The van der Waals surface area contributed by atoms with Gasteiger partial charge < -0.3 is 0 Å². The maximum absolute atomic E-state index is 9.02. The monoisotopic (exact) mass is 99.1 g/mol. The van der Waals surface area contributed by atoms with E-state index in [0.29, 0.717) is 0 Å². The molecule has 0 fully saturated rings. The van der Waals surface area contributed by atoms with Crippen molar-refractivity contribution in [1.29, 1.82) is 0 Å². The lowest BCUT2D eigenvalue weighted by atomic mass is 10.0. The van der Waals surface area contributed by atoms with Crippen LogP contribution in [0.3, 0.4) is 0 Å². The standard InChI is InChI=1S/C6H13N/c1-4-5-6(2,3)7/h4-5H2,1-3H3. The first-order valence-corrected chi connectivity index (χ1v) is 2.78. The van der Waals surface area contributed by atoms with E-state index in [0.717, 1.165) is 12.8 Å². The summed E-state index contributed by atoms with van der Waals surface area (Å²) in [5.41, 5.74) is 8.57. The molecule has 1 heteroatoms. The Hall–Kier alpha value is -0.0400. The lowest BCUT2D eigenvalue weighted by molar-refractivity contribution is 0.454. The predicted octanol–water partition coefficient (Wildman–Crippen LogP) is 1.63. The molecule has 42 valence electrons. The first-order chi connectivity index (χ1) is 3.06. The minimum Gasteiger partial charge on any atom is -0.138 e. The summed E-state index contributed by atoms with van der Waals surface area (Å²) in [6, 6.07) is 0. The van der Waals surface area contributed by atoms with Crippen LogP contribution in [-0.4, -0.2) is 5.54 Å². The third-order valence-corrected chi connectivity index (χ3v) is 0.862. The second-order valence-corrected chi connectivity index (χ2v) is 2.56. The van der Waals surface area contributed by atoms with Crippen LogP contribution in [0.4, 0.5) is 0 Å². The number of hydrogen-bond acceptors (Lipinski definition) is 0. The van der Waals surface area contributed by atoms with Gasteiger partial charge in [-0.25, -0.2) is 0 Å². The van der Waals surface area contributed by atoms with Crippen LogP contribution in [0.5, 0.6) is 0 Å². The van der Waals surface area contributed by atoms with Crippen molar-refractivity contribution in [2.45, 2.75) is 39.2 Å². The Labute approximate surface area is 45.9 Å². The molecule has 0 N–H and O–H groups in total. The highest BCUT2D eigenvalue weighted by atomic mass is 14.7. The van der Waals surface area contributed by atoms with Gasteiger partial charge in [0, 0.05) is 5.54 Å². The minimum absolute atomic E-state index is 0.450. The van der Waals surface area contributed by atoms with Gasteiger partial charge in [-0.2, -0.15) is 0 Å². The van der Waals surface area contributed by atoms with Gasteiger partial charge in [-0.3, -0.25) is 0 Å². The zero-order chi connectivity index (χ0) is 5.91. The van der Waals surface area contributed by atoms with Crippen molar-refractivity contribution in [3.63, 3.8) is 0 Å². The number of hydrogen-bond donors (Lipinski definition) is 0. The SMILES string of the molecule is CCCC(C)(C)[N]. The van der Waals surface area contributed by atoms with Crippen molar-refractivity contribution < 1.29 is 0 Å². The van der Waals surface area contributed by atoms with Gasteiger partial charge in [0.05, 0.1) is 0 Å². The van der Waals surface area contributed by atoms with E-state index in [9.17, 15) is 0 Å². The van der Waals surface area contributed by atoms with Gasteiger partial charge >= 0.3 is 0 Å². The summed E-state index contributed by atoms with van der Waals surface area (Å²) in [6.07, 6.45) is 1.95. The molecule has 0 unspecified atom stereocenters. The summed E-state index contributed by atoms with van der Waals surface area (Å²) in [6.45, 7) is 5.73. The van der Waals surface area contributed by atoms with Crippen molar-refractivity contribution in [2.24, 2.45) is 0 Å². The Morgan fingerprint density at radius 1 is 1.43 bits per heavy atom. The number of nitrogens with zero attached hydrogens (tertiary/aromatic N) is 1. The topological polar surface area (TPSA) is 22.3 Å². The largest absolute Gasteiger partial charge is 0.138 e. The Balaban J connectivity index is 3.15. The molecule has 0 bridgehead atoms. The van der Waals surface area contributed by atoms with Crippen molar-refractivity contribution in [1.82, 2.24) is 5.73 Å². The lowest BCUT2D eigenvalue weighted by Gasteiger charge is -2.11. The van der Waals surface area contributed by atoms with Gasteiger partial charge in [-0.1, -0.05) is 13.3 Å². The fourth-order valence-electron chi connectivity index (χ4n) is 0.612. The molecule has 2 radical (unpaired) electrons. The van der Waals surface area contributed by atoms with Crippen molar-refractivity contribution in [3.8, 4) is 0 Å². The maximum Gasteiger partial charge on any atom is 0.0487 e. The van der Waals surface area contributed by atoms with Crippen LogP contribution in [-0.2, 0) is 0 Å². The van der Waals surface area contributed by atoms with Gasteiger partial charge in [0.2, 0.25) is 0 Å². The Bertz CT molecular complexity index is 42.6. The number of rotatable bonds is 2. The van der Waals surface area contributed by atoms with Crippen LogP contribution < -0.4 is 5.73 Å². The molecule has 0 amide bonds. The summed E-state index contributed by atoms with van der Waals surface area (Å²) in [4.78, 5) is 0. The second-order valence-electron chi connectivity index (χ2n) is 2.56.